The molecule has 2 aromatic carbocycles. The Morgan fingerprint density at radius 1 is 1.19 bits per heavy atom. The molecule has 26 heavy (non-hydrogen) atoms. The topological polar surface area (TPSA) is 117 Å². The molecule has 0 bridgehead atoms. The lowest BCUT2D eigenvalue weighted by Crippen LogP contribution is -2.10. The molecule has 7 nitrogen and oxygen atoms in total. The number of hydrogen-bond donors (Lipinski definition) is 1. The summed E-state index contributed by atoms with van der Waals surface area (Å²) in [6.07, 6.45) is 0. The molecule has 0 fully saturated rings. The summed E-state index contributed by atoms with van der Waals surface area (Å²) < 4.78 is 43.7. The van der Waals surface area contributed by atoms with Gasteiger partial charge in [0, 0.05) is 11.1 Å². The molecular formula is C16H9Br2O7S-. The van der Waals surface area contributed by atoms with Crippen molar-refractivity contribution in [3.63, 3.8) is 0 Å². The van der Waals surface area contributed by atoms with Crippen molar-refractivity contribution in [2.45, 2.75) is 6.92 Å². The van der Waals surface area contributed by atoms with Crippen molar-refractivity contribution < 1.29 is 26.7 Å². The minimum atomic E-state index is -5.05. The summed E-state index contributed by atoms with van der Waals surface area (Å²) in [5, 5.41) is 9.91. The predicted molar refractivity (Wildman–Crippen MR) is 100 cm³/mol. The Morgan fingerprint density at radius 3 is 2.38 bits per heavy atom. The minimum absolute atomic E-state index is 0.0315. The van der Waals surface area contributed by atoms with E-state index < -0.39 is 15.8 Å². The summed E-state index contributed by atoms with van der Waals surface area (Å²) in [4.78, 5) is 12.7. The molecule has 0 saturated carbocycles. The summed E-state index contributed by atoms with van der Waals surface area (Å²) in [5.74, 6) is -0.271. The molecule has 3 rings (SSSR count). The summed E-state index contributed by atoms with van der Waals surface area (Å²) in [5.41, 5.74) is 0.134. The van der Waals surface area contributed by atoms with Gasteiger partial charge in [0.05, 0.1) is 14.3 Å². The summed E-state index contributed by atoms with van der Waals surface area (Å²) >= 11 is 6.39. The van der Waals surface area contributed by atoms with Crippen LogP contribution in [0.2, 0.25) is 0 Å². The van der Waals surface area contributed by atoms with Crippen molar-refractivity contribution in [2.24, 2.45) is 0 Å². The molecular weight excluding hydrogens is 496 g/mol. The minimum Gasteiger partial charge on any atom is -0.716 e. The molecule has 0 radical (unpaired) electrons. The number of benzene rings is 2. The SMILES string of the molecule is Cc1c(-c2cc(Br)c(O)c(Br)c2)oc2c(OS(=O)(=O)[O-])cccc2c1=O. The highest BCUT2D eigenvalue weighted by Gasteiger charge is 2.18. The van der Waals surface area contributed by atoms with Crippen LogP contribution in [0.25, 0.3) is 22.3 Å². The second kappa shape index (κ2) is 6.69. The van der Waals surface area contributed by atoms with E-state index >= 15 is 0 Å². The second-order valence-corrected chi connectivity index (χ2v) is 7.99. The lowest BCUT2D eigenvalue weighted by Gasteiger charge is -2.13. The Bertz CT molecular complexity index is 1180. The smallest absolute Gasteiger partial charge is 0.262 e. The molecule has 1 heterocycles. The molecule has 1 aromatic heterocycles. The highest BCUT2D eigenvalue weighted by molar-refractivity contribution is 9.11. The van der Waals surface area contributed by atoms with Gasteiger partial charge in [0.1, 0.15) is 11.5 Å². The van der Waals surface area contributed by atoms with E-state index in [1.165, 1.54) is 30.3 Å². The lowest BCUT2D eigenvalue weighted by molar-refractivity contribution is 0.371. The van der Waals surface area contributed by atoms with E-state index in [4.69, 9.17) is 4.42 Å². The molecule has 0 spiro atoms. The second-order valence-electron chi connectivity index (χ2n) is 5.30. The Labute approximate surface area is 164 Å². The highest BCUT2D eigenvalue weighted by Crippen LogP contribution is 2.38. The molecule has 3 aromatic rings. The third kappa shape index (κ3) is 3.50. The summed E-state index contributed by atoms with van der Waals surface area (Å²) in [7, 11) is -5.05. The van der Waals surface area contributed by atoms with Crippen molar-refractivity contribution >= 4 is 53.2 Å². The lowest BCUT2D eigenvalue weighted by atomic mass is 10.1. The van der Waals surface area contributed by atoms with Crippen LogP contribution >= 0.6 is 31.9 Å². The number of fused-ring (bicyclic) bond motifs is 1. The maximum absolute atomic E-state index is 12.7. The van der Waals surface area contributed by atoms with Crippen molar-refractivity contribution in [2.75, 3.05) is 0 Å². The maximum Gasteiger partial charge on any atom is 0.262 e. The average molecular weight is 505 g/mol. The first kappa shape index (κ1) is 18.9. The fraction of sp³-hybridized carbons (Fsp3) is 0.0625. The molecule has 1 N–H and O–H groups in total. The first-order valence-corrected chi connectivity index (χ1v) is 9.90. The van der Waals surface area contributed by atoms with Gasteiger partial charge < -0.3 is 18.3 Å². The van der Waals surface area contributed by atoms with Crippen LogP contribution < -0.4 is 9.61 Å². The van der Waals surface area contributed by atoms with Crippen LogP contribution in [0.15, 0.2) is 48.5 Å². The molecule has 10 heteroatoms. The molecule has 0 unspecified atom stereocenters. The van der Waals surface area contributed by atoms with E-state index in [1.54, 1.807) is 6.92 Å². The number of halogens is 2. The van der Waals surface area contributed by atoms with Gasteiger partial charge in [-0.05, 0) is 63.0 Å². The van der Waals surface area contributed by atoms with Crippen molar-refractivity contribution in [3.8, 4) is 22.8 Å². The van der Waals surface area contributed by atoms with Gasteiger partial charge in [-0.1, -0.05) is 6.07 Å². The van der Waals surface area contributed by atoms with Crippen molar-refractivity contribution in [3.05, 3.63) is 55.1 Å². The van der Waals surface area contributed by atoms with E-state index in [1.807, 2.05) is 0 Å². The molecule has 0 amide bonds. The van der Waals surface area contributed by atoms with E-state index in [-0.39, 0.29) is 33.8 Å². The zero-order valence-corrected chi connectivity index (χ0v) is 16.9. The number of rotatable bonds is 3. The maximum atomic E-state index is 12.7. The largest absolute Gasteiger partial charge is 0.716 e. The summed E-state index contributed by atoms with van der Waals surface area (Å²) in [6.45, 7) is 1.55. The van der Waals surface area contributed by atoms with Gasteiger partial charge in [-0.3, -0.25) is 4.79 Å². The number of phenols is 1. The average Bonchev–Trinajstić information content (AvgIpc) is 2.54. The van der Waals surface area contributed by atoms with Crippen LogP contribution in [0.3, 0.4) is 0 Å². The quantitative estimate of drug-likeness (QED) is 0.425. The molecule has 0 aliphatic rings. The van der Waals surface area contributed by atoms with E-state index in [0.717, 1.165) is 0 Å². The van der Waals surface area contributed by atoms with Gasteiger partial charge in [0.25, 0.3) is 10.4 Å². The van der Waals surface area contributed by atoms with E-state index in [0.29, 0.717) is 14.5 Å². The predicted octanol–water partition coefficient (Wildman–Crippen LogP) is 3.84. The molecule has 136 valence electrons. The molecule has 0 aliphatic carbocycles. The molecule has 0 atom stereocenters. The van der Waals surface area contributed by atoms with Crippen LogP contribution in [-0.4, -0.2) is 18.1 Å². The standard InChI is InChI=1S/C16H10Br2O7S/c1-7-13(19)9-3-2-4-12(25-26(21,22)23)16(9)24-15(7)8-5-10(17)14(20)11(18)6-8/h2-6,20H,1H3,(H,21,22,23)/p-1. The number of para-hydroxylation sites is 1. The van der Waals surface area contributed by atoms with Gasteiger partial charge in [0.15, 0.2) is 16.8 Å². The fourth-order valence-corrected chi connectivity index (χ4v) is 3.97. The first-order chi connectivity index (χ1) is 12.1. The zero-order valence-electron chi connectivity index (χ0n) is 12.9. The summed E-state index contributed by atoms with van der Waals surface area (Å²) in [6, 6.07) is 7.09. The zero-order chi connectivity index (χ0) is 19.2. The van der Waals surface area contributed by atoms with Gasteiger partial charge in [-0.25, -0.2) is 8.42 Å². The van der Waals surface area contributed by atoms with Crippen LogP contribution in [-0.2, 0) is 10.4 Å². The van der Waals surface area contributed by atoms with Gasteiger partial charge in [-0.2, -0.15) is 0 Å². The number of phenolic OH excluding ortho intramolecular Hbond substituents is 1. The number of aromatic hydroxyl groups is 1. The van der Waals surface area contributed by atoms with Gasteiger partial charge in [-0.15, -0.1) is 0 Å². The third-order valence-electron chi connectivity index (χ3n) is 3.58. The molecule has 0 aliphatic heterocycles. The van der Waals surface area contributed by atoms with Gasteiger partial charge >= 0.3 is 0 Å². The normalized spacial score (nSPS) is 11.7. The Morgan fingerprint density at radius 2 is 1.81 bits per heavy atom. The van der Waals surface area contributed by atoms with Gasteiger partial charge in [0.2, 0.25) is 0 Å². The van der Waals surface area contributed by atoms with Crippen molar-refractivity contribution in [1.29, 1.82) is 0 Å². The van der Waals surface area contributed by atoms with Crippen molar-refractivity contribution in [1.82, 2.24) is 0 Å². The number of hydrogen-bond acceptors (Lipinski definition) is 7. The highest BCUT2D eigenvalue weighted by atomic mass is 79.9. The Hall–Kier alpha value is -1.88. The van der Waals surface area contributed by atoms with E-state index in [9.17, 15) is 22.9 Å². The Balaban J connectivity index is 2.36. The first-order valence-electron chi connectivity index (χ1n) is 6.98. The van der Waals surface area contributed by atoms with Crippen LogP contribution in [0.5, 0.6) is 11.5 Å². The third-order valence-corrected chi connectivity index (χ3v) is 5.17. The van der Waals surface area contributed by atoms with E-state index in [2.05, 4.69) is 36.0 Å². The van der Waals surface area contributed by atoms with Crippen LogP contribution in [0.4, 0.5) is 0 Å². The van der Waals surface area contributed by atoms with Crippen LogP contribution in [0.1, 0.15) is 5.56 Å². The fourth-order valence-electron chi connectivity index (χ4n) is 2.43. The van der Waals surface area contributed by atoms with Crippen LogP contribution in [0, 0.1) is 6.92 Å². The Kier molecular flexibility index (Phi) is 4.86. The monoisotopic (exact) mass is 503 g/mol. The molecule has 0 saturated heterocycles.